The Morgan fingerprint density at radius 3 is 2.32 bits per heavy atom. The number of halogens is 2. The highest BCUT2D eigenvalue weighted by atomic mass is 19.2. The van der Waals surface area contributed by atoms with Crippen molar-refractivity contribution in [1.82, 2.24) is 0 Å². The lowest BCUT2D eigenvalue weighted by Crippen LogP contribution is -2.33. The third-order valence-electron chi connectivity index (χ3n) is 7.10. The van der Waals surface area contributed by atoms with Gasteiger partial charge in [-0.25, -0.2) is 4.39 Å². The van der Waals surface area contributed by atoms with Gasteiger partial charge in [-0.1, -0.05) is 52.4 Å². The molecule has 0 amide bonds. The summed E-state index contributed by atoms with van der Waals surface area (Å²) in [7, 11) is 0. The quantitative estimate of drug-likeness (QED) is 0.337. The smallest absolute Gasteiger partial charge is 0.200 e. The molecule has 0 spiro atoms. The molecule has 3 rings (SSSR count). The van der Waals surface area contributed by atoms with Crippen molar-refractivity contribution in [2.45, 2.75) is 97.4 Å². The standard InChI is InChI=1S/C26H40F2O3/c1-3-5-7-19-8-10-20(11-9-19)21-13-15-24(30-17-21)31-18-22-12-14-23(26(28)25(22)27)29-16-6-4-2/h12,14,19-21,24H,3-11,13,15-18H2,1-2H3. The Morgan fingerprint density at radius 2 is 1.65 bits per heavy atom. The van der Waals surface area contributed by atoms with Crippen molar-refractivity contribution in [2.24, 2.45) is 17.8 Å². The van der Waals surface area contributed by atoms with E-state index >= 15 is 0 Å². The van der Waals surface area contributed by atoms with Gasteiger partial charge < -0.3 is 14.2 Å². The molecule has 3 nitrogen and oxygen atoms in total. The van der Waals surface area contributed by atoms with Crippen LogP contribution in [0.4, 0.5) is 8.78 Å². The summed E-state index contributed by atoms with van der Waals surface area (Å²) in [6.07, 6.45) is 12.8. The Balaban J connectivity index is 1.39. The first-order valence-electron chi connectivity index (χ1n) is 12.4. The van der Waals surface area contributed by atoms with Crippen molar-refractivity contribution in [2.75, 3.05) is 13.2 Å². The maximum Gasteiger partial charge on any atom is 0.200 e. The average molecular weight is 439 g/mol. The molecule has 1 aromatic rings. The zero-order chi connectivity index (χ0) is 22.1. The van der Waals surface area contributed by atoms with Crippen LogP contribution < -0.4 is 4.74 Å². The van der Waals surface area contributed by atoms with E-state index in [4.69, 9.17) is 14.2 Å². The molecule has 1 aromatic carbocycles. The minimum Gasteiger partial charge on any atom is -0.490 e. The fourth-order valence-corrected chi connectivity index (χ4v) is 5.00. The molecule has 0 N–H and O–H groups in total. The summed E-state index contributed by atoms with van der Waals surface area (Å²) in [5.74, 6) is 0.455. The van der Waals surface area contributed by atoms with Crippen molar-refractivity contribution >= 4 is 0 Å². The Labute approximate surface area is 186 Å². The van der Waals surface area contributed by atoms with E-state index in [1.165, 1.54) is 51.0 Å². The molecule has 0 aromatic heterocycles. The average Bonchev–Trinajstić information content (AvgIpc) is 2.81. The summed E-state index contributed by atoms with van der Waals surface area (Å²) in [6.45, 7) is 5.41. The second-order valence-electron chi connectivity index (χ2n) is 9.39. The summed E-state index contributed by atoms with van der Waals surface area (Å²) >= 11 is 0. The highest BCUT2D eigenvalue weighted by molar-refractivity contribution is 5.30. The van der Waals surface area contributed by atoms with Crippen LogP contribution in [0.3, 0.4) is 0 Å². The minimum atomic E-state index is -0.934. The van der Waals surface area contributed by atoms with Crippen LogP contribution in [-0.2, 0) is 16.1 Å². The Kier molecular flexibility index (Phi) is 10.0. The molecule has 1 aliphatic heterocycles. The Hall–Kier alpha value is -1.20. The van der Waals surface area contributed by atoms with E-state index in [2.05, 4.69) is 6.92 Å². The van der Waals surface area contributed by atoms with Gasteiger partial charge in [0.1, 0.15) is 0 Å². The van der Waals surface area contributed by atoms with Crippen LogP contribution in [0, 0.1) is 29.4 Å². The normalized spacial score (nSPS) is 26.7. The number of rotatable bonds is 11. The first-order chi connectivity index (χ1) is 15.1. The van der Waals surface area contributed by atoms with Crippen molar-refractivity contribution in [3.63, 3.8) is 0 Å². The third kappa shape index (κ3) is 7.15. The van der Waals surface area contributed by atoms with E-state index < -0.39 is 11.6 Å². The molecular formula is C26H40F2O3. The largest absolute Gasteiger partial charge is 0.490 e. The zero-order valence-electron chi connectivity index (χ0n) is 19.3. The maximum absolute atomic E-state index is 14.4. The zero-order valence-corrected chi connectivity index (χ0v) is 19.3. The van der Waals surface area contributed by atoms with E-state index in [1.807, 2.05) is 6.92 Å². The third-order valence-corrected chi connectivity index (χ3v) is 7.10. The minimum absolute atomic E-state index is 0.00979. The molecule has 2 unspecified atom stereocenters. The molecule has 176 valence electrons. The predicted octanol–water partition coefficient (Wildman–Crippen LogP) is 7.41. The van der Waals surface area contributed by atoms with Crippen molar-refractivity contribution in [3.05, 3.63) is 29.3 Å². The summed E-state index contributed by atoms with van der Waals surface area (Å²) in [6, 6.07) is 3.03. The van der Waals surface area contributed by atoms with Gasteiger partial charge in [0.15, 0.2) is 17.9 Å². The molecule has 5 heteroatoms. The topological polar surface area (TPSA) is 27.7 Å². The lowest BCUT2D eigenvalue weighted by Gasteiger charge is -2.37. The molecule has 1 heterocycles. The molecule has 1 saturated heterocycles. The van der Waals surface area contributed by atoms with E-state index in [-0.39, 0.29) is 24.2 Å². The van der Waals surface area contributed by atoms with Gasteiger partial charge in [0.2, 0.25) is 5.82 Å². The number of ether oxygens (including phenoxy) is 3. The fourth-order valence-electron chi connectivity index (χ4n) is 5.00. The van der Waals surface area contributed by atoms with Crippen LogP contribution in [0.2, 0.25) is 0 Å². The number of hydrogen-bond acceptors (Lipinski definition) is 3. The van der Waals surface area contributed by atoms with Gasteiger partial charge >= 0.3 is 0 Å². The van der Waals surface area contributed by atoms with E-state index in [0.717, 1.165) is 44.1 Å². The lowest BCUT2D eigenvalue weighted by molar-refractivity contribution is -0.188. The van der Waals surface area contributed by atoms with Crippen LogP contribution in [0.5, 0.6) is 5.75 Å². The molecule has 2 fully saturated rings. The number of benzene rings is 1. The first-order valence-corrected chi connectivity index (χ1v) is 12.4. The van der Waals surface area contributed by atoms with Gasteiger partial charge in [0.05, 0.1) is 19.8 Å². The second kappa shape index (κ2) is 12.7. The molecule has 2 aliphatic rings. The predicted molar refractivity (Wildman–Crippen MR) is 119 cm³/mol. The number of unbranched alkanes of at least 4 members (excludes halogenated alkanes) is 2. The van der Waals surface area contributed by atoms with Crippen LogP contribution in [0.25, 0.3) is 0 Å². The summed E-state index contributed by atoms with van der Waals surface area (Å²) in [4.78, 5) is 0. The maximum atomic E-state index is 14.4. The second-order valence-corrected chi connectivity index (χ2v) is 9.39. The van der Waals surface area contributed by atoms with E-state index in [9.17, 15) is 8.78 Å². The first kappa shape index (κ1) is 24.4. The summed E-state index contributed by atoms with van der Waals surface area (Å²) in [5.41, 5.74) is 0.205. The number of hydrogen-bond donors (Lipinski definition) is 0. The van der Waals surface area contributed by atoms with Crippen molar-refractivity contribution in [3.8, 4) is 5.75 Å². The molecule has 0 radical (unpaired) electrons. The molecule has 1 saturated carbocycles. The van der Waals surface area contributed by atoms with Gasteiger partial charge in [0, 0.05) is 5.56 Å². The van der Waals surface area contributed by atoms with Gasteiger partial charge in [-0.15, -0.1) is 0 Å². The van der Waals surface area contributed by atoms with E-state index in [1.54, 1.807) is 6.07 Å². The van der Waals surface area contributed by atoms with Gasteiger partial charge in [-0.2, -0.15) is 4.39 Å². The highest BCUT2D eigenvalue weighted by Gasteiger charge is 2.31. The van der Waals surface area contributed by atoms with Crippen LogP contribution in [-0.4, -0.2) is 19.5 Å². The monoisotopic (exact) mass is 438 g/mol. The fraction of sp³-hybridized carbons (Fsp3) is 0.769. The molecular weight excluding hydrogens is 398 g/mol. The molecule has 2 atom stereocenters. The van der Waals surface area contributed by atoms with Crippen molar-refractivity contribution in [1.29, 1.82) is 0 Å². The van der Waals surface area contributed by atoms with Gasteiger partial charge in [-0.3, -0.25) is 0 Å². The van der Waals surface area contributed by atoms with Gasteiger partial charge in [0.25, 0.3) is 0 Å². The Morgan fingerprint density at radius 1 is 0.903 bits per heavy atom. The Bertz CT molecular complexity index is 650. The molecule has 31 heavy (non-hydrogen) atoms. The summed E-state index contributed by atoms with van der Waals surface area (Å²) in [5, 5.41) is 0. The summed E-state index contributed by atoms with van der Waals surface area (Å²) < 4.78 is 45.6. The van der Waals surface area contributed by atoms with Crippen molar-refractivity contribution < 1.29 is 23.0 Å². The van der Waals surface area contributed by atoms with Crippen LogP contribution in [0.15, 0.2) is 12.1 Å². The molecule has 1 aliphatic carbocycles. The van der Waals surface area contributed by atoms with Crippen LogP contribution in [0.1, 0.15) is 90.0 Å². The SMILES string of the molecule is CCCCOc1ccc(COC2CCC(C3CCC(CCCC)CC3)CO2)c(F)c1F. The van der Waals surface area contributed by atoms with Crippen LogP contribution >= 0.6 is 0 Å². The van der Waals surface area contributed by atoms with Gasteiger partial charge in [-0.05, 0) is 62.0 Å². The highest BCUT2D eigenvalue weighted by Crippen LogP contribution is 2.39. The van der Waals surface area contributed by atoms with E-state index in [0.29, 0.717) is 12.5 Å². The lowest BCUT2D eigenvalue weighted by atomic mass is 9.73. The molecule has 0 bridgehead atoms.